The van der Waals surface area contributed by atoms with Gasteiger partial charge in [0.15, 0.2) is 11.6 Å². The first kappa shape index (κ1) is 11.0. The molecule has 3 nitrogen and oxygen atoms in total. The Morgan fingerprint density at radius 1 is 1.19 bits per heavy atom. The van der Waals surface area contributed by atoms with Crippen LogP contribution in [0.2, 0.25) is 0 Å². The van der Waals surface area contributed by atoms with Crippen molar-refractivity contribution in [3.63, 3.8) is 0 Å². The topological polar surface area (TPSA) is 42.9 Å². The van der Waals surface area contributed by atoms with E-state index in [1.807, 2.05) is 24.3 Å². The maximum atomic E-state index is 11.2. The number of nitrogens with zero attached hydrogens (tertiary/aromatic N) is 2. The van der Waals surface area contributed by atoms with Gasteiger partial charge in [0.25, 0.3) is 0 Å². The van der Waals surface area contributed by atoms with Gasteiger partial charge in [0, 0.05) is 23.2 Å². The highest BCUT2D eigenvalue weighted by molar-refractivity contribution is 9.10. The van der Waals surface area contributed by atoms with E-state index in [0.717, 1.165) is 15.7 Å². The summed E-state index contributed by atoms with van der Waals surface area (Å²) in [4.78, 5) is 19.3. The van der Waals surface area contributed by atoms with Crippen molar-refractivity contribution in [1.29, 1.82) is 0 Å². The molecule has 0 atom stereocenters. The van der Waals surface area contributed by atoms with Crippen molar-refractivity contribution in [3.8, 4) is 11.3 Å². The second kappa shape index (κ2) is 4.53. The van der Waals surface area contributed by atoms with Crippen molar-refractivity contribution in [1.82, 2.24) is 9.97 Å². The highest BCUT2D eigenvalue weighted by atomic mass is 79.9. The fourth-order valence-electron chi connectivity index (χ4n) is 1.31. The normalized spacial score (nSPS) is 10.1. The molecule has 1 aromatic carbocycles. The van der Waals surface area contributed by atoms with E-state index in [-0.39, 0.29) is 11.6 Å². The van der Waals surface area contributed by atoms with E-state index in [9.17, 15) is 4.79 Å². The Morgan fingerprint density at radius 2 is 1.88 bits per heavy atom. The zero-order valence-electron chi connectivity index (χ0n) is 8.64. The second-order valence-corrected chi connectivity index (χ2v) is 4.24. The Morgan fingerprint density at radius 3 is 2.50 bits per heavy atom. The van der Waals surface area contributed by atoms with E-state index in [2.05, 4.69) is 25.9 Å². The monoisotopic (exact) mass is 276 g/mol. The predicted molar refractivity (Wildman–Crippen MR) is 65.2 cm³/mol. The molecule has 0 aliphatic carbocycles. The van der Waals surface area contributed by atoms with E-state index in [1.54, 1.807) is 12.3 Å². The molecule has 2 aromatic rings. The van der Waals surface area contributed by atoms with Gasteiger partial charge in [0.05, 0.1) is 5.69 Å². The van der Waals surface area contributed by atoms with Gasteiger partial charge in [-0.25, -0.2) is 9.97 Å². The van der Waals surface area contributed by atoms with Crippen molar-refractivity contribution in [2.45, 2.75) is 6.92 Å². The number of benzene rings is 1. The Balaban J connectivity index is 2.44. The first-order valence-corrected chi connectivity index (χ1v) is 5.56. The third-order valence-electron chi connectivity index (χ3n) is 2.11. The zero-order valence-corrected chi connectivity index (χ0v) is 10.2. The Hall–Kier alpha value is -1.55. The van der Waals surface area contributed by atoms with Gasteiger partial charge >= 0.3 is 0 Å². The minimum absolute atomic E-state index is 0.126. The largest absolute Gasteiger partial charge is 0.291 e. The highest BCUT2D eigenvalue weighted by Crippen LogP contribution is 2.19. The van der Waals surface area contributed by atoms with Gasteiger partial charge < -0.3 is 0 Å². The summed E-state index contributed by atoms with van der Waals surface area (Å²) in [6.07, 6.45) is 1.60. The van der Waals surface area contributed by atoms with Crippen LogP contribution in [0.4, 0.5) is 0 Å². The average molecular weight is 277 g/mol. The van der Waals surface area contributed by atoms with Crippen molar-refractivity contribution in [2.24, 2.45) is 0 Å². The summed E-state index contributed by atoms with van der Waals surface area (Å²) in [6, 6.07) is 9.54. The number of carbonyl (C=O) groups is 1. The van der Waals surface area contributed by atoms with Crippen LogP contribution in [-0.2, 0) is 0 Å². The summed E-state index contributed by atoms with van der Waals surface area (Å²) in [7, 11) is 0. The van der Waals surface area contributed by atoms with Crippen LogP contribution in [0.3, 0.4) is 0 Å². The molecule has 0 radical (unpaired) electrons. The van der Waals surface area contributed by atoms with Gasteiger partial charge in [0.1, 0.15) is 0 Å². The zero-order chi connectivity index (χ0) is 11.5. The van der Waals surface area contributed by atoms with Gasteiger partial charge in [-0.2, -0.15) is 0 Å². The van der Waals surface area contributed by atoms with Crippen molar-refractivity contribution in [3.05, 3.63) is 46.8 Å². The molecule has 0 bridgehead atoms. The SMILES string of the molecule is CC(=O)c1nccc(-c2ccc(Br)cc2)n1. The molecule has 0 amide bonds. The Bertz CT molecular complexity index is 523. The first-order valence-electron chi connectivity index (χ1n) is 4.77. The lowest BCUT2D eigenvalue weighted by Crippen LogP contribution is -2.01. The molecular weight excluding hydrogens is 268 g/mol. The Kier molecular flexibility index (Phi) is 3.10. The standard InChI is InChI=1S/C12H9BrN2O/c1-8(16)12-14-7-6-11(15-12)9-2-4-10(13)5-3-9/h2-7H,1H3. The van der Waals surface area contributed by atoms with Crippen LogP contribution in [-0.4, -0.2) is 15.8 Å². The van der Waals surface area contributed by atoms with E-state index in [1.165, 1.54) is 6.92 Å². The number of aromatic nitrogens is 2. The summed E-state index contributed by atoms with van der Waals surface area (Å²) in [5, 5.41) is 0. The second-order valence-electron chi connectivity index (χ2n) is 3.33. The van der Waals surface area contributed by atoms with Crippen LogP contribution in [0.1, 0.15) is 17.5 Å². The molecule has 0 fully saturated rings. The third kappa shape index (κ3) is 2.33. The maximum Gasteiger partial charge on any atom is 0.196 e. The molecule has 0 unspecified atom stereocenters. The Labute approximate surface area is 102 Å². The predicted octanol–water partition coefficient (Wildman–Crippen LogP) is 3.11. The number of rotatable bonds is 2. The maximum absolute atomic E-state index is 11.2. The lowest BCUT2D eigenvalue weighted by atomic mass is 10.1. The van der Waals surface area contributed by atoms with Gasteiger partial charge in [-0.1, -0.05) is 28.1 Å². The van der Waals surface area contributed by atoms with E-state index < -0.39 is 0 Å². The lowest BCUT2D eigenvalue weighted by Gasteiger charge is -2.01. The van der Waals surface area contributed by atoms with Gasteiger partial charge in [-0.05, 0) is 18.2 Å². The van der Waals surface area contributed by atoms with Crippen molar-refractivity contribution in [2.75, 3.05) is 0 Å². The summed E-state index contributed by atoms with van der Waals surface area (Å²) in [6.45, 7) is 1.46. The smallest absolute Gasteiger partial charge is 0.196 e. The van der Waals surface area contributed by atoms with E-state index >= 15 is 0 Å². The molecule has 4 heteroatoms. The molecule has 0 aliphatic rings. The molecule has 1 heterocycles. The molecule has 80 valence electrons. The molecule has 16 heavy (non-hydrogen) atoms. The minimum Gasteiger partial charge on any atom is -0.291 e. The van der Waals surface area contributed by atoms with Crippen LogP contribution in [0.25, 0.3) is 11.3 Å². The number of halogens is 1. The number of ketones is 1. The van der Waals surface area contributed by atoms with E-state index in [0.29, 0.717) is 0 Å². The van der Waals surface area contributed by atoms with Crippen LogP contribution in [0.5, 0.6) is 0 Å². The van der Waals surface area contributed by atoms with Gasteiger partial charge in [-0.15, -0.1) is 0 Å². The van der Waals surface area contributed by atoms with Crippen LogP contribution < -0.4 is 0 Å². The van der Waals surface area contributed by atoms with Crippen LogP contribution in [0, 0.1) is 0 Å². The molecule has 0 spiro atoms. The number of hydrogen-bond donors (Lipinski definition) is 0. The fraction of sp³-hybridized carbons (Fsp3) is 0.0833. The molecule has 0 saturated heterocycles. The molecule has 0 saturated carbocycles. The quantitative estimate of drug-likeness (QED) is 0.792. The number of hydrogen-bond acceptors (Lipinski definition) is 3. The van der Waals surface area contributed by atoms with Gasteiger partial charge in [0.2, 0.25) is 0 Å². The van der Waals surface area contributed by atoms with Crippen LogP contribution >= 0.6 is 15.9 Å². The minimum atomic E-state index is -0.126. The number of carbonyl (C=O) groups excluding carboxylic acids is 1. The lowest BCUT2D eigenvalue weighted by molar-refractivity contribution is 0.100. The molecular formula is C12H9BrN2O. The van der Waals surface area contributed by atoms with Crippen molar-refractivity contribution < 1.29 is 4.79 Å². The summed E-state index contributed by atoms with van der Waals surface area (Å²) in [5.74, 6) is 0.124. The third-order valence-corrected chi connectivity index (χ3v) is 2.64. The van der Waals surface area contributed by atoms with E-state index in [4.69, 9.17) is 0 Å². The molecule has 2 rings (SSSR count). The number of Topliss-reactive ketones (excluding diaryl/α,β-unsaturated/α-hetero) is 1. The van der Waals surface area contributed by atoms with Crippen LogP contribution in [0.15, 0.2) is 41.0 Å². The summed E-state index contributed by atoms with van der Waals surface area (Å²) in [5.41, 5.74) is 1.72. The van der Waals surface area contributed by atoms with Crippen molar-refractivity contribution >= 4 is 21.7 Å². The summed E-state index contributed by atoms with van der Waals surface area (Å²) < 4.78 is 1.01. The molecule has 1 aromatic heterocycles. The van der Waals surface area contributed by atoms with Gasteiger partial charge in [-0.3, -0.25) is 4.79 Å². The average Bonchev–Trinajstić information content (AvgIpc) is 2.30. The highest BCUT2D eigenvalue weighted by Gasteiger charge is 2.05. The fourth-order valence-corrected chi connectivity index (χ4v) is 1.57. The molecule has 0 aliphatic heterocycles. The molecule has 0 N–H and O–H groups in total. The first-order chi connectivity index (χ1) is 7.66. The summed E-state index contributed by atoms with van der Waals surface area (Å²) >= 11 is 3.37.